The second kappa shape index (κ2) is 5.98. The van der Waals surface area contributed by atoms with E-state index in [4.69, 9.17) is 5.73 Å². The maximum Gasteiger partial charge on any atom is 0.0367 e. The minimum Gasteiger partial charge on any atom is -0.369 e. The first kappa shape index (κ1) is 13.8. The van der Waals surface area contributed by atoms with Crippen LogP contribution in [0.3, 0.4) is 0 Å². The summed E-state index contributed by atoms with van der Waals surface area (Å²) in [5.41, 5.74) is 8.63. The number of hydrogen-bond donors (Lipinski definition) is 1. The van der Waals surface area contributed by atoms with Crippen molar-refractivity contribution in [3.63, 3.8) is 0 Å². The summed E-state index contributed by atoms with van der Waals surface area (Å²) in [6, 6.07) is 8.98. The molecule has 3 heteroatoms. The maximum atomic E-state index is 6.05. The Kier molecular flexibility index (Phi) is 4.57. The highest BCUT2D eigenvalue weighted by Gasteiger charge is 2.22. The number of rotatable bonds is 3. The zero-order chi connectivity index (χ0) is 13.1. The van der Waals surface area contributed by atoms with Crippen LogP contribution in [0, 0.1) is 0 Å². The number of anilines is 1. The van der Waals surface area contributed by atoms with Gasteiger partial charge in [0.15, 0.2) is 0 Å². The van der Waals surface area contributed by atoms with Gasteiger partial charge in [-0.1, -0.05) is 32.9 Å². The largest absolute Gasteiger partial charge is 0.369 e. The average Bonchev–Trinajstić information content (AvgIpc) is 2.37. The Bertz CT molecular complexity index is 367. The van der Waals surface area contributed by atoms with Gasteiger partial charge in [-0.25, -0.2) is 0 Å². The van der Waals surface area contributed by atoms with Gasteiger partial charge in [0.25, 0.3) is 0 Å². The molecular weight excluding hydrogens is 240 g/mol. The second-order valence-corrected chi connectivity index (χ2v) is 7.15. The maximum absolute atomic E-state index is 6.05. The summed E-state index contributed by atoms with van der Waals surface area (Å²) in [6.07, 6.45) is 0.994. The standard InChI is InChI=1S/C15H24N2S/c1-4-15(16)13-5-7-14(8-6-13)17-9-11(2)18-12(3)10-17/h5-8,11-12,15H,4,9-10,16H2,1-3H3/t11?,12?,15-/m0/s1. The van der Waals surface area contributed by atoms with Crippen molar-refractivity contribution in [1.29, 1.82) is 0 Å². The Morgan fingerprint density at radius 2 is 1.78 bits per heavy atom. The molecule has 2 rings (SSSR count). The number of hydrogen-bond acceptors (Lipinski definition) is 3. The molecule has 100 valence electrons. The van der Waals surface area contributed by atoms with Crippen LogP contribution >= 0.6 is 11.8 Å². The highest BCUT2D eigenvalue weighted by Crippen LogP contribution is 2.29. The normalized spacial score (nSPS) is 26.1. The van der Waals surface area contributed by atoms with Gasteiger partial charge in [0.05, 0.1) is 0 Å². The predicted octanol–water partition coefficient (Wildman–Crippen LogP) is 3.43. The van der Waals surface area contributed by atoms with Gasteiger partial charge in [-0.2, -0.15) is 11.8 Å². The molecule has 0 spiro atoms. The number of thioether (sulfide) groups is 1. The summed E-state index contributed by atoms with van der Waals surface area (Å²) < 4.78 is 0. The van der Waals surface area contributed by atoms with Crippen LogP contribution in [-0.2, 0) is 0 Å². The van der Waals surface area contributed by atoms with Crippen molar-refractivity contribution in [1.82, 2.24) is 0 Å². The van der Waals surface area contributed by atoms with E-state index in [-0.39, 0.29) is 6.04 Å². The van der Waals surface area contributed by atoms with E-state index in [0.29, 0.717) is 10.5 Å². The molecule has 0 radical (unpaired) electrons. The highest BCUT2D eigenvalue weighted by atomic mass is 32.2. The van der Waals surface area contributed by atoms with Gasteiger partial charge >= 0.3 is 0 Å². The van der Waals surface area contributed by atoms with Crippen LogP contribution in [0.5, 0.6) is 0 Å². The summed E-state index contributed by atoms with van der Waals surface area (Å²) in [7, 11) is 0. The summed E-state index contributed by atoms with van der Waals surface area (Å²) in [5, 5.41) is 1.43. The van der Waals surface area contributed by atoms with Crippen LogP contribution in [0.1, 0.15) is 38.8 Å². The summed E-state index contributed by atoms with van der Waals surface area (Å²) in [5.74, 6) is 0. The number of nitrogens with two attached hydrogens (primary N) is 1. The van der Waals surface area contributed by atoms with Crippen LogP contribution in [0.4, 0.5) is 5.69 Å². The molecule has 1 saturated heterocycles. The van der Waals surface area contributed by atoms with Crippen molar-refractivity contribution < 1.29 is 0 Å². The van der Waals surface area contributed by atoms with Gasteiger partial charge < -0.3 is 10.6 Å². The minimum absolute atomic E-state index is 0.175. The molecule has 0 bridgehead atoms. The van der Waals surface area contributed by atoms with Gasteiger partial charge in [0, 0.05) is 35.3 Å². The van der Waals surface area contributed by atoms with E-state index >= 15 is 0 Å². The molecule has 0 amide bonds. The van der Waals surface area contributed by atoms with E-state index in [1.54, 1.807) is 0 Å². The molecule has 2 nitrogen and oxygen atoms in total. The van der Waals surface area contributed by atoms with E-state index in [9.17, 15) is 0 Å². The van der Waals surface area contributed by atoms with Crippen molar-refractivity contribution in [2.24, 2.45) is 5.73 Å². The molecular formula is C15H24N2S. The molecule has 2 N–H and O–H groups in total. The molecule has 1 heterocycles. The van der Waals surface area contributed by atoms with Crippen LogP contribution < -0.4 is 10.6 Å². The summed E-state index contributed by atoms with van der Waals surface area (Å²) in [4.78, 5) is 2.49. The van der Waals surface area contributed by atoms with Crippen LogP contribution in [0.25, 0.3) is 0 Å². The Balaban J connectivity index is 2.09. The first-order valence-electron chi connectivity index (χ1n) is 6.86. The fourth-order valence-corrected chi connectivity index (χ4v) is 3.88. The fraction of sp³-hybridized carbons (Fsp3) is 0.600. The zero-order valence-electron chi connectivity index (χ0n) is 11.6. The smallest absolute Gasteiger partial charge is 0.0367 e. The molecule has 0 aliphatic carbocycles. The lowest BCUT2D eigenvalue weighted by Gasteiger charge is -2.36. The molecule has 1 aliphatic rings. The van der Waals surface area contributed by atoms with Gasteiger partial charge in [-0.05, 0) is 24.1 Å². The van der Waals surface area contributed by atoms with Gasteiger partial charge in [-0.15, -0.1) is 0 Å². The third-order valence-electron chi connectivity index (χ3n) is 3.55. The minimum atomic E-state index is 0.175. The Hall–Kier alpha value is -0.670. The highest BCUT2D eigenvalue weighted by molar-refractivity contribution is 8.00. The Labute approximate surface area is 115 Å². The van der Waals surface area contributed by atoms with Crippen LogP contribution in [0.15, 0.2) is 24.3 Å². The number of nitrogens with zero attached hydrogens (tertiary/aromatic N) is 1. The second-order valence-electron chi connectivity index (χ2n) is 5.27. The van der Waals surface area contributed by atoms with Gasteiger partial charge in [0.2, 0.25) is 0 Å². The lowest BCUT2D eigenvalue weighted by molar-refractivity contribution is 0.697. The topological polar surface area (TPSA) is 29.3 Å². The first-order chi connectivity index (χ1) is 8.60. The fourth-order valence-electron chi connectivity index (χ4n) is 2.56. The third kappa shape index (κ3) is 3.21. The van der Waals surface area contributed by atoms with Gasteiger partial charge in [0.1, 0.15) is 0 Å². The van der Waals surface area contributed by atoms with Crippen molar-refractivity contribution >= 4 is 17.4 Å². The lowest BCUT2D eigenvalue weighted by atomic mass is 10.0. The molecule has 0 saturated carbocycles. The zero-order valence-corrected chi connectivity index (χ0v) is 12.4. The number of benzene rings is 1. The molecule has 1 aliphatic heterocycles. The average molecular weight is 264 g/mol. The molecule has 1 fully saturated rings. The summed E-state index contributed by atoms with van der Waals surface area (Å²) >= 11 is 2.09. The van der Waals surface area contributed by atoms with Crippen LogP contribution in [-0.4, -0.2) is 23.6 Å². The van der Waals surface area contributed by atoms with E-state index in [0.717, 1.165) is 19.5 Å². The quantitative estimate of drug-likeness (QED) is 0.907. The Morgan fingerprint density at radius 3 is 2.28 bits per heavy atom. The van der Waals surface area contributed by atoms with Crippen LogP contribution in [0.2, 0.25) is 0 Å². The van der Waals surface area contributed by atoms with E-state index in [1.807, 2.05) is 0 Å². The monoisotopic (exact) mass is 264 g/mol. The third-order valence-corrected chi connectivity index (χ3v) is 4.77. The lowest BCUT2D eigenvalue weighted by Crippen LogP contribution is -2.40. The molecule has 3 atom stereocenters. The first-order valence-corrected chi connectivity index (χ1v) is 7.80. The molecule has 18 heavy (non-hydrogen) atoms. The van der Waals surface area contributed by atoms with Crippen molar-refractivity contribution in [2.45, 2.75) is 43.7 Å². The SMILES string of the molecule is CC[C@H](N)c1ccc(N2CC(C)SC(C)C2)cc1. The van der Waals surface area contributed by atoms with Crippen molar-refractivity contribution in [3.8, 4) is 0 Å². The van der Waals surface area contributed by atoms with E-state index in [2.05, 4.69) is 61.7 Å². The molecule has 2 unspecified atom stereocenters. The Morgan fingerprint density at radius 1 is 1.22 bits per heavy atom. The molecule has 1 aromatic rings. The van der Waals surface area contributed by atoms with Crippen molar-refractivity contribution in [2.75, 3.05) is 18.0 Å². The van der Waals surface area contributed by atoms with E-state index < -0.39 is 0 Å². The molecule has 1 aromatic carbocycles. The molecule has 0 aromatic heterocycles. The predicted molar refractivity (Wildman–Crippen MR) is 82.4 cm³/mol. The van der Waals surface area contributed by atoms with Gasteiger partial charge in [-0.3, -0.25) is 0 Å². The van der Waals surface area contributed by atoms with E-state index in [1.165, 1.54) is 11.3 Å². The van der Waals surface area contributed by atoms with Crippen molar-refractivity contribution in [3.05, 3.63) is 29.8 Å². The summed E-state index contributed by atoms with van der Waals surface area (Å²) in [6.45, 7) is 9.05.